The molecule has 12 heteroatoms. The van der Waals surface area contributed by atoms with Crippen LogP contribution in [0.2, 0.25) is 10.0 Å². The Labute approximate surface area is 179 Å². The van der Waals surface area contributed by atoms with Crippen LogP contribution in [-0.2, 0) is 12.8 Å². The molecule has 0 aliphatic carbocycles. The average Bonchev–Trinajstić information content (AvgIpc) is 2.98. The number of alkyl halides is 3. The van der Waals surface area contributed by atoms with Gasteiger partial charge in [-0.15, -0.1) is 5.10 Å². The predicted octanol–water partition coefficient (Wildman–Crippen LogP) is 4.37. The number of aromatic nitrogens is 4. The molecule has 1 saturated heterocycles. The van der Waals surface area contributed by atoms with E-state index in [9.17, 15) is 13.2 Å². The molecule has 154 valence electrons. The Morgan fingerprint density at radius 2 is 1.83 bits per heavy atom. The molecule has 0 saturated carbocycles. The number of piperazine rings is 1. The van der Waals surface area contributed by atoms with Crippen molar-refractivity contribution >= 4 is 46.9 Å². The molecule has 1 fully saturated rings. The van der Waals surface area contributed by atoms with Gasteiger partial charge >= 0.3 is 6.18 Å². The predicted molar refractivity (Wildman–Crippen MR) is 107 cm³/mol. The lowest BCUT2D eigenvalue weighted by Gasteiger charge is -2.35. The van der Waals surface area contributed by atoms with E-state index in [2.05, 4.69) is 15.0 Å². The van der Waals surface area contributed by atoms with Gasteiger partial charge in [0.15, 0.2) is 5.65 Å². The quantitative estimate of drug-likeness (QED) is 0.540. The minimum absolute atomic E-state index is 0.417. The second-order valence-corrected chi connectivity index (χ2v) is 7.84. The Balaban J connectivity index is 1.43. The van der Waals surface area contributed by atoms with E-state index < -0.39 is 11.7 Å². The Bertz CT molecular complexity index is 1090. The van der Waals surface area contributed by atoms with Crippen LogP contribution in [0.4, 0.5) is 19.0 Å². The number of hydrogen-bond donors (Lipinski definition) is 0. The van der Waals surface area contributed by atoms with Gasteiger partial charge < -0.3 is 4.90 Å². The van der Waals surface area contributed by atoms with Gasteiger partial charge in [-0.3, -0.25) is 9.30 Å². The number of fused-ring (bicyclic) bond motifs is 1. The number of halogens is 5. The highest BCUT2D eigenvalue weighted by molar-refractivity contribution is 7.71. The first-order valence-electron chi connectivity index (χ1n) is 8.67. The standard InChI is InChI=1S/C17H15Cl2F3N6S/c18-12-7-13(19)15-24-28(16(29)27(15)9-12)10-25-3-5-26(6-4-25)14-2-1-11(8-23-14)17(20,21)22/h1-2,7-9H,3-6,10H2. The smallest absolute Gasteiger partial charge is 0.354 e. The molecule has 0 amide bonds. The number of anilines is 1. The summed E-state index contributed by atoms with van der Waals surface area (Å²) in [5.74, 6) is 0.531. The minimum Gasteiger partial charge on any atom is -0.354 e. The van der Waals surface area contributed by atoms with Crippen LogP contribution < -0.4 is 4.90 Å². The Morgan fingerprint density at radius 1 is 1.10 bits per heavy atom. The highest BCUT2D eigenvalue weighted by Gasteiger charge is 2.31. The molecular formula is C17H15Cl2F3N6S. The van der Waals surface area contributed by atoms with Crippen molar-refractivity contribution in [3.8, 4) is 0 Å². The topological polar surface area (TPSA) is 41.6 Å². The minimum atomic E-state index is -4.38. The second kappa shape index (κ2) is 7.75. The van der Waals surface area contributed by atoms with Crippen molar-refractivity contribution in [3.63, 3.8) is 0 Å². The molecule has 1 aliphatic heterocycles. The van der Waals surface area contributed by atoms with Gasteiger partial charge in [0.05, 0.1) is 22.3 Å². The third-order valence-corrected chi connectivity index (χ3v) is 5.60. The van der Waals surface area contributed by atoms with E-state index in [1.165, 1.54) is 6.07 Å². The lowest BCUT2D eigenvalue weighted by atomic mass is 10.2. The van der Waals surface area contributed by atoms with Crippen molar-refractivity contribution in [1.82, 2.24) is 24.1 Å². The van der Waals surface area contributed by atoms with Crippen molar-refractivity contribution in [3.05, 3.63) is 51.0 Å². The maximum absolute atomic E-state index is 12.7. The van der Waals surface area contributed by atoms with Crippen molar-refractivity contribution in [2.75, 3.05) is 31.1 Å². The monoisotopic (exact) mass is 462 g/mol. The summed E-state index contributed by atoms with van der Waals surface area (Å²) < 4.78 is 41.9. The van der Waals surface area contributed by atoms with Gasteiger partial charge in [-0.05, 0) is 30.4 Å². The van der Waals surface area contributed by atoms with Gasteiger partial charge in [-0.2, -0.15) is 13.2 Å². The lowest BCUT2D eigenvalue weighted by molar-refractivity contribution is -0.137. The van der Waals surface area contributed by atoms with E-state index in [1.807, 2.05) is 4.90 Å². The van der Waals surface area contributed by atoms with Crippen LogP contribution in [0.15, 0.2) is 30.6 Å². The summed E-state index contributed by atoms with van der Waals surface area (Å²) >= 11 is 17.7. The molecule has 0 radical (unpaired) electrons. The molecule has 29 heavy (non-hydrogen) atoms. The molecule has 3 aromatic heterocycles. The van der Waals surface area contributed by atoms with Crippen molar-refractivity contribution < 1.29 is 13.2 Å². The molecular weight excluding hydrogens is 448 g/mol. The first-order chi connectivity index (χ1) is 13.7. The largest absolute Gasteiger partial charge is 0.417 e. The molecule has 4 heterocycles. The Morgan fingerprint density at radius 3 is 2.45 bits per heavy atom. The average molecular weight is 463 g/mol. The number of rotatable bonds is 3. The maximum Gasteiger partial charge on any atom is 0.417 e. The fourth-order valence-electron chi connectivity index (χ4n) is 3.19. The summed E-state index contributed by atoms with van der Waals surface area (Å²) in [5, 5.41) is 5.35. The van der Waals surface area contributed by atoms with Crippen LogP contribution >= 0.6 is 35.4 Å². The summed E-state index contributed by atoms with van der Waals surface area (Å²) in [6.07, 6.45) is -1.85. The van der Waals surface area contributed by atoms with Crippen LogP contribution in [-0.4, -0.2) is 50.2 Å². The summed E-state index contributed by atoms with van der Waals surface area (Å²) in [7, 11) is 0. The fourth-order valence-corrected chi connectivity index (χ4v) is 3.93. The molecule has 0 unspecified atom stereocenters. The van der Waals surface area contributed by atoms with E-state index in [4.69, 9.17) is 35.4 Å². The van der Waals surface area contributed by atoms with Gasteiger partial charge in [0.1, 0.15) is 5.82 Å². The summed E-state index contributed by atoms with van der Waals surface area (Å²) in [4.78, 5) is 8.07. The highest BCUT2D eigenvalue weighted by atomic mass is 35.5. The highest BCUT2D eigenvalue weighted by Crippen LogP contribution is 2.29. The van der Waals surface area contributed by atoms with E-state index in [-0.39, 0.29) is 0 Å². The first kappa shape index (κ1) is 20.4. The van der Waals surface area contributed by atoms with Gasteiger partial charge in [0.2, 0.25) is 4.77 Å². The first-order valence-corrected chi connectivity index (χ1v) is 9.83. The van der Waals surface area contributed by atoms with Crippen LogP contribution in [0.25, 0.3) is 5.65 Å². The SMILES string of the molecule is FC(F)(F)c1ccc(N2CCN(Cn3nc4c(Cl)cc(Cl)cn4c3=S)CC2)nc1. The molecule has 4 rings (SSSR count). The zero-order valence-corrected chi connectivity index (χ0v) is 17.2. The van der Waals surface area contributed by atoms with Crippen LogP contribution in [0.5, 0.6) is 0 Å². The summed E-state index contributed by atoms with van der Waals surface area (Å²) in [5.41, 5.74) is -0.214. The zero-order valence-electron chi connectivity index (χ0n) is 14.9. The molecule has 1 aliphatic rings. The molecule has 6 nitrogen and oxygen atoms in total. The van der Waals surface area contributed by atoms with Crippen LogP contribution in [0.1, 0.15) is 5.56 Å². The number of hydrogen-bond acceptors (Lipinski definition) is 5. The van der Waals surface area contributed by atoms with E-state index >= 15 is 0 Å². The third-order valence-electron chi connectivity index (χ3n) is 4.71. The lowest BCUT2D eigenvalue weighted by Crippen LogP contribution is -2.47. The van der Waals surface area contributed by atoms with Crippen molar-refractivity contribution in [2.45, 2.75) is 12.8 Å². The van der Waals surface area contributed by atoms with Crippen molar-refractivity contribution in [1.29, 1.82) is 0 Å². The van der Waals surface area contributed by atoms with E-state index in [0.29, 0.717) is 59.1 Å². The van der Waals surface area contributed by atoms with E-state index in [0.717, 1.165) is 12.3 Å². The molecule has 0 aromatic carbocycles. The zero-order chi connectivity index (χ0) is 20.8. The summed E-state index contributed by atoms with van der Waals surface area (Å²) in [6.45, 7) is 3.11. The van der Waals surface area contributed by atoms with Crippen LogP contribution in [0, 0.1) is 4.77 Å². The fraction of sp³-hybridized carbons (Fsp3) is 0.353. The van der Waals surface area contributed by atoms with Gasteiger partial charge in [0.25, 0.3) is 0 Å². The maximum atomic E-state index is 12.7. The molecule has 3 aromatic rings. The van der Waals surface area contributed by atoms with Gasteiger partial charge in [0, 0.05) is 38.6 Å². The molecule has 0 atom stereocenters. The number of nitrogens with zero attached hydrogens (tertiary/aromatic N) is 6. The Kier molecular flexibility index (Phi) is 5.45. The van der Waals surface area contributed by atoms with Crippen LogP contribution in [0.3, 0.4) is 0 Å². The second-order valence-electron chi connectivity index (χ2n) is 6.63. The molecule has 0 bridgehead atoms. The third kappa shape index (κ3) is 4.20. The van der Waals surface area contributed by atoms with Gasteiger partial charge in [-0.25, -0.2) is 9.67 Å². The van der Waals surface area contributed by atoms with Gasteiger partial charge in [-0.1, -0.05) is 23.2 Å². The molecule has 0 spiro atoms. The van der Waals surface area contributed by atoms with E-state index in [1.54, 1.807) is 21.3 Å². The normalized spacial score (nSPS) is 16.0. The Hall–Kier alpha value is -1.88. The summed E-state index contributed by atoms with van der Waals surface area (Å²) in [6, 6.07) is 4.07. The molecule has 0 N–H and O–H groups in total. The number of pyridine rings is 2. The van der Waals surface area contributed by atoms with Crippen molar-refractivity contribution in [2.24, 2.45) is 0 Å².